The number of para-hydroxylation sites is 2. The topological polar surface area (TPSA) is 101 Å². The summed E-state index contributed by atoms with van der Waals surface area (Å²) in [5, 5.41) is 7.23. The Kier molecular flexibility index (Phi) is 5.74. The minimum Gasteiger partial charge on any atom is -0.436 e. The normalized spacial score (nSPS) is 12.0. The zero-order chi connectivity index (χ0) is 22.7. The fraction of sp³-hybridized carbons (Fsp3) is 0.0435. The molecule has 2 N–H and O–H groups in total. The highest BCUT2D eigenvalue weighted by Crippen LogP contribution is 2.16. The number of hydrogen-bond acceptors (Lipinski definition) is 5. The molecular formula is C23H18FN3O4S. The van der Waals surface area contributed by atoms with E-state index in [2.05, 4.69) is 15.2 Å². The third kappa shape index (κ3) is 4.52. The maximum atomic E-state index is 13.5. The zero-order valence-electron chi connectivity index (χ0n) is 16.9. The molecule has 162 valence electrons. The Morgan fingerprint density at radius 2 is 1.69 bits per heavy atom. The van der Waals surface area contributed by atoms with Crippen molar-refractivity contribution in [1.29, 1.82) is 0 Å². The van der Waals surface area contributed by atoms with E-state index in [1.807, 2.05) is 6.07 Å². The Morgan fingerprint density at radius 3 is 2.44 bits per heavy atom. The standard InChI is InChI=1S/C23H18FN3O4S/c1-15-13-18(11-12-20(15)24)32(29,30)27-26-23-19(14-16-7-5-6-10-21(16)31-23)22(28)25-17-8-3-2-4-9-17/h2-14,27H,1H3,(H,25,28)/b26-23+. The molecule has 0 saturated carbocycles. The Labute approximate surface area is 183 Å². The van der Waals surface area contributed by atoms with Gasteiger partial charge in [0.1, 0.15) is 17.0 Å². The molecule has 0 bridgehead atoms. The molecule has 0 atom stereocenters. The van der Waals surface area contributed by atoms with Crippen molar-refractivity contribution in [2.45, 2.75) is 11.8 Å². The summed E-state index contributed by atoms with van der Waals surface area (Å²) in [5.74, 6) is -1.05. The van der Waals surface area contributed by atoms with Crippen LogP contribution in [0.4, 0.5) is 10.1 Å². The van der Waals surface area contributed by atoms with E-state index in [0.29, 0.717) is 16.7 Å². The van der Waals surface area contributed by atoms with Crippen LogP contribution in [0.15, 0.2) is 93.3 Å². The molecule has 1 aromatic heterocycles. The molecule has 0 radical (unpaired) electrons. The van der Waals surface area contributed by atoms with Gasteiger partial charge in [-0.3, -0.25) is 4.79 Å². The number of amides is 1. The maximum absolute atomic E-state index is 13.5. The third-order valence-corrected chi connectivity index (χ3v) is 5.85. The summed E-state index contributed by atoms with van der Waals surface area (Å²) in [6, 6.07) is 20.7. The van der Waals surface area contributed by atoms with Gasteiger partial charge >= 0.3 is 0 Å². The molecule has 4 aromatic rings. The van der Waals surface area contributed by atoms with Gasteiger partial charge in [-0.05, 0) is 55.0 Å². The predicted molar refractivity (Wildman–Crippen MR) is 118 cm³/mol. The Bertz CT molecular complexity index is 1480. The van der Waals surface area contributed by atoms with Crippen LogP contribution in [-0.2, 0) is 10.0 Å². The smallest absolute Gasteiger partial charge is 0.276 e. The molecule has 7 nitrogen and oxygen atoms in total. The number of rotatable bonds is 5. The van der Waals surface area contributed by atoms with Crippen molar-refractivity contribution in [1.82, 2.24) is 4.83 Å². The summed E-state index contributed by atoms with van der Waals surface area (Å²) in [4.78, 5) is 14.8. The largest absolute Gasteiger partial charge is 0.436 e. The molecule has 0 aliphatic rings. The molecule has 0 saturated heterocycles. The van der Waals surface area contributed by atoms with E-state index in [1.165, 1.54) is 13.0 Å². The van der Waals surface area contributed by atoms with Crippen molar-refractivity contribution < 1.29 is 22.0 Å². The van der Waals surface area contributed by atoms with Crippen LogP contribution in [0.1, 0.15) is 15.9 Å². The Morgan fingerprint density at radius 1 is 0.969 bits per heavy atom. The highest BCUT2D eigenvalue weighted by atomic mass is 32.2. The SMILES string of the molecule is Cc1cc(S(=O)(=O)N/N=c2/oc3ccccc3cc2C(=O)Nc2ccccc2)ccc1F. The van der Waals surface area contributed by atoms with E-state index >= 15 is 0 Å². The second-order valence-electron chi connectivity index (χ2n) is 6.94. The van der Waals surface area contributed by atoms with Crippen LogP contribution in [0.2, 0.25) is 0 Å². The number of fused-ring (bicyclic) bond motifs is 1. The number of aryl methyl sites for hydroxylation is 1. The summed E-state index contributed by atoms with van der Waals surface area (Å²) in [6.45, 7) is 1.45. The van der Waals surface area contributed by atoms with E-state index in [0.717, 1.165) is 12.1 Å². The van der Waals surface area contributed by atoms with Crippen LogP contribution in [0.3, 0.4) is 0 Å². The number of carbonyl (C=O) groups is 1. The summed E-state index contributed by atoms with van der Waals surface area (Å²) < 4.78 is 44.5. The molecule has 0 aliphatic carbocycles. The molecule has 0 unspecified atom stereocenters. The number of anilines is 1. The molecule has 32 heavy (non-hydrogen) atoms. The van der Waals surface area contributed by atoms with Gasteiger partial charge in [0, 0.05) is 11.1 Å². The average molecular weight is 451 g/mol. The first kappa shape index (κ1) is 21.3. The van der Waals surface area contributed by atoms with Gasteiger partial charge in [-0.25, -0.2) is 4.39 Å². The fourth-order valence-corrected chi connectivity index (χ4v) is 3.86. The van der Waals surface area contributed by atoms with E-state index < -0.39 is 21.7 Å². The van der Waals surface area contributed by atoms with Gasteiger partial charge in [-0.15, -0.1) is 5.10 Å². The molecule has 4 rings (SSSR count). The lowest BCUT2D eigenvalue weighted by Crippen LogP contribution is -2.27. The molecule has 0 fully saturated rings. The van der Waals surface area contributed by atoms with Crippen molar-refractivity contribution in [2.75, 3.05) is 5.32 Å². The van der Waals surface area contributed by atoms with Crippen LogP contribution >= 0.6 is 0 Å². The predicted octanol–water partition coefficient (Wildman–Crippen LogP) is 3.93. The van der Waals surface area contributed by atoms with Gasteiger partial charge in [0.05, 0.1) is 4.90 Å². The maximum Gasteiger partial charge on any atom is 0.276 e. The van der Waals surface area contributed by atoms with Gasteiger partial charge in [-0.1, -0.05) is 36.4 Å². The van der Waals surface area contributed by atoms with Crippen molar-refractivity contribution in [3.8, 4) is 0 Å². The first-order chi connectivity index (χ1) is 15.3. The van der Waals surface area contributed by atoms with Crippen LogP contribution in [0, 0.1) is 12.7 Å². The lowest BCUT2D eigenvalue weighted by atomic mass is 10.1. The number of nitrogens with one attached hydrogen (secondary N) is 2. The van der Waals surface area contributed by atoms with Gasteiger partial charge in [0.25, 0.3) is 15.9 Å². The van der Waals surface area contributed by atoms with Crippen LogP contribution < -0.4 is 15.7 Å². The summed E-state index contributed by atoms with van der Waals surface area (Å²) in [7, 11) is -4.13. The number of hydrogen-bond donors (Lipinski definition) is 2. The summed E-state index contributed by atoms with van der Waals surface area (Å²) in [5.41, 5.74) is 0.953. The van der Waals surface area contributed by atoms with Gasteiger partial charge in [0.2, 0.25) is 5.55 Å². The lowest BCUT2D eigenvalue weighted by Gasteiger charge is -2.08. The Hall–Kier alpha value is -3.98. The molecule has 3 aromatic carbocycles. The van der Waals surface area contributed by atoms with Crippen LogP contribution in [-0.4, -0.2) is 14.3 Å². The van der Waals surface area contributed by atoms with E-state index in [-0.39, 0.29) is 21.6 Å². The minimum absolute atomic E-state index is 0.0329. The van der Waals surface area contributed by atoms with Crippen molar-refractivity contribution >= 4 is 32.6 Å². The van der Waals surface area contributed by atoms with E-state index in [9.17, 15) is 17.6 Å². The van der Waals surface area contributed by atoms with Gasteiger partial charge in [-0.2, -0.15) is 13.2 Å². The molecule has 1 amide bonds. The van der Waals surface area contributed by atoms with Crippen LogP contribution in [0.25, 0.3) is 11.0 Å². The second-order valence-corrected chi connectivity index (χ2v) is 8.60. The Balaban J connectivity index is 1.76. The third-order valence-electron chi connectivity index (χ3n) is 4.64. The summed E-state index contributed by atoms with van der Waals surface area (Å²) in [6.07, 6.45) is 0. The second kappa shape index (κ2) is 8.64. The minimum atomic E-state index is -4.13. The number of halogens is 1. The zero-order valence-corrected chi connectivity index (χ0v) is 17.7. The number of sulfonamides is 1. The van der Waals surface area contributed by atoms with E-state index in [1.54, 1.807) is 54.6 Å². The average Bonchev–Trinajstić information content (AvgIpc) is 2.79. The van der Waals surface area contributed by atoms with E-state index in [4.69, 9.17) is 4.42 Å². The van der Waals surface area contributed by atoms with Crippen molar-refractivity contribution in [2.24, 2.45) is 5.10 Å². The van der Waals surface area contributed by atoms with Crippen LogP contribution in [0.5, 0.6) is 0 Å². The number of nitrogens with zero attached hydrogens (tertiary/aromatic N) is 1. The molecular weight excluding hydrogens is 433 g/mol. The van der Waals surface area contributed by atoms with Crippen molar-refractivity contribution in [3.63, 3.8) is 0 Å². The molecule has 9 heteroatoms. The number of carbonyl (C=O) groups excluding carboxylic acids is 1. The quantitative estimate of drug-likeness (QED) is 0.449. The molecule has 1 heterocycles. The first-order valence-electron chi connectivity index (χ1n) is 9.54. The van der Waals surface area contributed by atoms with Gasteiger partial charge in [0.15, 0.2) is 0 Å². The monoisotopic (exact) mass is 451 g/mol. The molecule has 0 aliphatic heterocycles. The lowest BCUT2D eigenvalue weighted by molar-refractivity contribution is 0.102. The highest BCUT2D eigenvalue weighted by Gasteiger charge is 2.17. The molecule has 0 spiro atoms. The van der Waals surface area contributed by atoms with Crippen molar-refractivity contribution in [3.05, 3.63) is 101 Å². The fourth-order valence-electron chi connectivity index (χ4n) is 2.97. The van der Waals surface area contributed by atoms with Gasteiger partial charge < -0.3 is 9.73 Å². The first-order valence-corrected chi connectivity index (χ1v) is 11.0. The summed E-state index contributed by atoms with van der Waals surface area (Å²) >= 11 is 0. The highest BCUT2D eigenvalue weighted by molar-refractivity contribution is 7.89. The number of benzene rings is 3.